The average Bonchev–Trinajstić information content (AvgIpc) is 3.33. The Kier molecular flexibility index (Phi) is 4.54. The summed E-state index contributed by atoms with van der Waals surface area (Å²) in [5.41, 5.74) is 2.40. The molecule has 10 heteroatoms. The van der Waals surface area contributed by atoms with Crippen molar-refractivity contribution in [2.45, 2.75) is 13.5 Å². The fourth-order valence-corrected chi connectivity index (χ4v) is 3.41. The Morgan fingerprint density at radius 2 is 1.81 bits per heavy atom. The van der Waals surface area contributed by atoms with E-state index in [1.165, 1.54) is 28.8 Å². The summed E-state index contributed by atoms with van der Waals surface area (Å²) in [5, 5.41) is 11.3. The molecule has 32 heavy (non-hydrogen) atoms. The molecule has 2 aromatic carbocycles. The first-order valence-corrected chi connectivity index (χ1v) is 9.68. The topological polar surface area (TPSA) is 85.7 Å². The van der Waals surface area contributed by atoms with Crippen LogP contribution in [0, 0.1) is 18.6 Å². The zero-order valence-corrected chi connectivity index (χ0v) is 16.8. The fraction of sp³-hybridized carbons (Fsp3) is 0.0909. The van der Waals surface area contributed by atoms with E-state index >= 15 is 0 Å². The van der Waals surface area contributed by atoms with Crippen LogP contribution in [-0.4, -0.2) is 29.7 Å². The average molecular weight is 434 g/mol. The second-order valence-corrected chi connectivity index (χ2v) is 7.31. The number of rotatable bonds is 4. The number of carbonyl (C=O) groups excluding carboxylic acids is 1. The minimum atomic E-state index is -0.518. The van der Waals surface area contributed by atoms with E-state index in [1.54, 1.807) is 48.0 Å². The largest absolute Gasteiger partial charge is 0.350 e. The molecular formula is C22H16F2N6O2. The highest BCUT2D eigenvalue weighted by molar-refractivity contribution is 5.90. The van der Waals surface area contributed by atoms with Gasteiger partial charge < -0.3 is 5.32 Å². The molecule has 5 rings (SSSR count). The van der Waals surface area contributed by atoms with Crippen molar-refractivity contribution in [1.29, 1.82) is 0 Å². The summed E-state index contributed by atoms with van der Waals surface area (Å²) in [6, 6.07) is 12.0. The number of benzene rings is 2. The maximum Gasteiger partial charge on any atom is 0.350 e. The molecule has 0 bridgehead atoms. The summed E-state index contributed by atoms with van der Waals surface area (Å²) in [6.07, 6.45) is 3.10. The molecule has 0 radical (unpaired) electrons. The summed E-state index contributed by atoms with van der Waals surface area (Å²) in [6.45, 7) is 1.27. The number of carbonyl (C=O) groups is 1. The molecule has 0 spiro atoms. The Labute approximate surface area is 179 Å². The lowest BCUT2D eigenvalue weighted by atomic mass is 10.1. The molecule has 0 unspecified atom stereocenters. The second kappa shape index (κ2) is 7.41. The normalized spacial score (nSPS) is 11.3. The molecule has 3 aromatic heterocycles. The monoisotopic (exact) mass is 434 g/mol. The zero-order chi connectivity index (χ0) is 22.4. The fourth-order valence-electron chi connectivity index (χ4n) is 3.41. The molecular weight excluding hydrogens is 418 g/mol. The highest BCUT2D eigenvalue weighted by Crippen LogP contribution is 2.21. The first-order valence-electron chi connectivity index (χ1n) is 9.68. The standard InChI is InChI=1S/C22H16F2N6O2/c1-13-2-7-16(10-17(13)24)25-20(31)12-30-22(32)28-8-9-29-19(21(28)27-30)11-18(26-29)14-3-5-15(23)6-4-14/h2-11H,12H2,1H3,(H,25,31). The predicted octanol–water partition coefficient (Wildman–Crippen LogP) is 3.04. The van der Waals surface area contributed by atoms with Crippen molar-refractivity contribution in [1.82, 2.24) is 23.8 Å². The predicted molar refractivity (Wildman–Crippen MR) is 113 cm³/mol. The van der Waals surface area contributed by atoms with Crippen molar-refractivity contribution in [2.24, 2.45) is 0 Å². The molecule has 0 fully saturated rings. The minimum absolute atomic E-state index is 0.289. The molecule has 0 saturated carbocycles. The van der Waals surface area contributed by atoms with Gasteiger partial charge in [0.25, 0.3) is 0 Å². The molecule has 0 atom stereocenters. The molecule has 5 aromatic rings. The summed E-state index contributed by atoms with van der Waals surface area (Å²) in [7, 11) is 0. The Morgan fingerprint density at radius 1 is 1.03 bits per heavy atom. The van der Waals surface area contributed by atoms with Crippen molar-refractivity contribution >= 4 is 22.8 Å². The zero-order valence-electron chi connectivity index (χ0n) is 16.8. The van der Waals surface area contributed by atoms with Crippen molar-refractivity contribution in [2.75, 3.05) is 5.32 Å². The van der Waals surface area contributed by atoms with E-state index < -0.39 is 17.4 Å². The SMILES string of the molecule is Cc1ccc(NC(=O)Cn2nc3c4cc(-c5ccc(F)cc5)nn4ccn3c2=O)cc1F. The van der Waals surface area contributed by atoms with E-state index in [9.17, 15) is 18.4 Å². The van der Waals surface area contributed by atoms with Crippen LogP contribution < -0.4 is 11.0 Å². The number of nitrogens with zero attached hydrogens (tertiary/aromatic N) is 5. The van der Waals surface area contributed by atoms with E-state index in [-0.39, 0.29) is 18.0 Å². The molecule has 0 saturated heterocycles. The van der Waals surface area contributed by atoms with E-state index in [2.05, 4.69) is 15.5 Å². The van der Waals surface area contributed by atoms with Crippen molar-refractivity contribution in [3.63, 3.8) is 0 Å². The molecule has 0 aliphatic rings. The summed E-state index contributed by atoms with van der Waals surface area (Å²) in [4.78, 5) is 25.1. The van der Waals surface area contributed by atoms with Gasteiger partial charge in [0.15, 0.2) is 5.65 Å². The van der Waals surface area contributed by atoms with E-state index in [0.717, 1.165) is 4.68 Å². The van der Waals surface area contributed by atoms with Gasteiger partial charge in [-0.2, -0.15) is 5.10 Å². The van der Waals surface area contributed by atoms with Crippen LogP contribution in [0.15, 0.2) is 65.7 Å². The smallest absolute Gasteiger partial charge is 0.324 e. The Morgan fingerprint density at radius 3 is 2.56 bits per heavy atom. The Balaban J connectivity index is 1.47. The van der Waals surface area contributed by atoms with Crippen LogP contribution in [0.2, 0.25) is 0 Å². The van der Waals surface area contributed by atoms with Gasteiger partial charge in [-0.1, -0.05) is 6.07 Å². The molecule has 8 nitrogen and oxygen atoms in total. The van der Waals surface area contributed by atoms with Crippen molar-refractivity contribution in [3.05, 3.63) is 88.6 Å². The minimum Gasteiger partial charge on any atom is -0.324 e. The number of fused-ring (bicyclic) bond motifs is 3. The van der Waals surface area contributed by atoms with Crippen LogP contribution in [0.25, 0.3) is 22.4 Å². The van der Waals surface area contributed by atoms with Crippen LogP contribution in [0.3, 0.4) is 0 Å². The first kappa shape index (κ1) is 19.6. The Hall–Kier alpha value is -4.34. The van der Waals surface area contributed by atoms with Gasteiger partial charge >= 0.3 is 5.69 Å². The number of aromatic nitrogens is 5. The first-order chi connectivity index (χ1) is 15.4. The number of anilines is 1. The van der Waals surface area contributed by atoms with E-state index in [4.69, 9.17) is 0 Å². The highest BCUT2D eigenvalue weighted by atomic mass is 19.1. The van der Waals surface area contributed by atoms with E-state index in [1.807, 2.05) is 0 Å². The maximum atomic E-state index is 13.7. The lowest BCUT2D eigenvalue weighted by molar-refractivity contribution is -0.117. The number of amides is 1. The molecule has 160 valence electrons. The number of hydrogen-bond acceptors (Lipinski definition) is 4. The number of halogens is 2. The van der Waals surface area contributed by atoms with E-state index in [0.29, 0.717) is 28.0 Å². The molecule has 0 aliphatic carbocycles. The molecule has 3 heterocycles. The third-order valence-electron chi connectivity index (χ3n) is 5.08. The van der Waals surface area contributed by atoms with Gasteiger partial charge in [0.05, 0.1) is 5.69 Å². The lowest BCUT2D eigenvalue weighted by Crippen LogP contribution is -2.28. The van der Waals surface area contributed by atoms with Gasteiger partial charge in [-0.25, -0.2) is 27.2 Å². The summed E-state index contributed by atoms with van der Waals surface area (Å²) in [5.74, 6) is -1.31. The number of aryl methyl sites for hydroxylation is 1. The summed E-state index contributed by atoms with van der Waals surface area (Å²) >= 11 is 0. The third-order valence-corrected chi connectivity index (χ3v) is 5.08. The van der Waals surface area contributed by atoms with Gasteiger partial charge in [0, 0.05) is 23.6 Å². The van der Waals surface area contributed by atoms with Crippen LogP contribution in [-0.2, 0) is 11.3 Å². The quantitative estimate of drug-likeness (QED) is 0.471. The second-order valence-electron chi connectivity index (χ2n) is 7.31. The van der Waals surface area contributed by atoms with Crippen LogP contribution >= 0.6 is 0 Å². The van der Waals surface area contributed by atoms with Gasteiger partial charge in [0.2, 0.25) is 5.91 Å². The van der Waals surface area contributed by atoms with Gasteiger partial charge in [-0.15, -0.1) is 5.10 Å². The van der Waals surface area contributed by atoms with Gasteiger partial charge in [-0.3, -0.25) is 4.79 Å². The maximum absolute atomic E-state index is 13.7. The van der Waals surface area contributed by atoms with Crippen molar-refractivity contribution in [3.8, 4) is 11.3 Å². The highest BCUT2D eigenvalue weighted by Gasteiger charge is 2.15. The molecule has 1 amide bonds. The molecule has 0 aliphatic heterocycles. The van der Waals surface area contributed by atoms with Crippen LogP contribution in [0.4, 0.5) is 14.5 Å². The number of hydrogen-bond donors (Lipinski definition) is 1. The van der Waals surface area contributed by atoms with Gasteiger partial charge in [0.1, 0.15) is 23.7 Å². The van der Waals surface area contributed by atoms with Crippen LogP contribution in [0.5, 0.6) is 0 Å². The third kappa shape index (κ3) is 3.41. The van der Waals surface area contributed by atoms with Crippen molar-refractivity contribution < 1.29 is 13.6 Å². The van der Waals surface area contributed by atoms with Gasteiger partial charge in [-0.05, 0) is 55.0 Å². The van der Waals surface area contributed by atoms with Crippen LogP contribution in [0.1, 0.15) is 5.56 Å². The number of nitrogens with one attached hydrogen (secondary N) is 1. The Bertz CT molecular complexity index is 1550. The summed E-state index contributed by atoms with van der Waals surface area (Å²) < 4.78 is 30.8. The molecule has 1 N–H and O–H groups in total. The lowest BCUT2D eigenvalue weighted by Gasteiger charge is -2.05.